The van der Waals surface area contributed by atoms with Gasteiger partial charge in [0.15, 0.2) is 22.8 Å². The summed E-state index contributed by atoms with van der Waals surface area (Å²) in [5.41, 5.74) is -1.09. The molecule has 1 aromatic carbocycles. The summed E-state index contributed by atoms with van der Waals surface area (Å²) in [6.07, 6.45) is 12.3. The number of rotatable bonds is 7. The highest BCUT2D eigenvalue weighted by molar-refractivity contribution is 6.19. The highest BCUT2D eigenvalue weighted by Gasteiger charge is 2.81. The van der Waals surface area contributed by atoms with E-state index >= 15 is 0 Å². The number of carboxylic acid groups (broad SMARTS) is 1. The van der Waals surface area contributed by atoms with Crippen molar-refractivity contribution in [1.82, 2.24) is 0 Å². The number of ketones is 2. The molecule has 5 unspecified atom stereocenters. The van der Waals surface area contributed by atoms with E-state index in [1.54, 1.807) is 6.08 Å². The van der Waals surface area contributed by atoms with Crippen molar-refractivity contribution in [1.29, 1.82) is 0 Å². The highest BCUT2D eigenvalue weighted by atomic mass is 16.6. The molecule has 1 spiro atoms. The molecular formula is C37H42O8. The number of ether oxygens (including phenoxy) is 3. The van der Waals surface area contributed by atoms with Crippen LogP contribution in [0.3, 0.4) is 0 Å². The summed E-state index contributed by atoms with van der Waals surface area (Å²) in [4.78, 5) is 40.7. The standard InChI is InChI=1S/C37H42O8/c1-19(2)9-10-24-30-23(13-15-35(8,43-30)14-11-20(3)4)28(38)27-29(39)25-17-22-18-26-34(6,7)45-36(32(22)40,16-12-21(5)33(41)42)37(25,26)44-31(24)27/h9,11-13,15,17,22,26,38H,10,14,16,18H2,1-8H3,(H,41,42). The number of carbonyl (C=O) groups excluding carboxylic acids is 2. The molecule has 238 valence electrons. The quantitative estimate of drug-likeness (QED) is 0.253. The molecular weight excluding hydrogens is 572 g/mol. The van der Waals surface area contributed by atoms with Crippen LogP contribution in [0, 0.1) is 11.8 Å². The number of Topliss-reactive ketones (excluding diaryl/α,β-unsaturated/α-hetero) is 2. The molecule has 5 atom stereocenters. The van der Waals surface area contributed by atoms with Gasteiger partial charge in [0.1, 0.15) is 28.4 Å². The van der Waals surface area contributed by atoms with E-state index in [0.29, 0.717) is 41.7 Å². The Kier molecular flexibility index (Phi) is 6.94. The third-order valence-electron chi connectivity index (χ3n) is 10.2. The van der Waals surface area contributed by atoms with Crippen molar-refractivity contribution in [2.45, 2.75) is 103 Å². The maximum Gasteiger partial charge on any atom is 0.330 e. The Hall–Kier alpha value is -3.91. The summed E-state index contributed by atoms with van der Waals surface area (Å²) in [5.74, 6) is -2.31. The van der Waals surface area contributed by atoms with Gasteiger partial charge in [-0.3, -0.25) is 9.59 Å². The molecule has 0 amide bonds. The van der Waals surface area contributed by atoms with Crippen molar-refractivity contribution in [3.05, 3.63) is 69.4 Å². The number of allylic oxidation sites excluding steroid dienone is 4. The number of phenols is 1. The first kappa shape index (κ1) is 31.1. The molecule has 3 aliphatic heterocycles. The maximum atomic E-state index is 14.7. The molecule has 1 saturated carbocycles. The molecule has 8 heteroatoms. The van der Waals surface area contributed by atoms with Crippen LogP contribution in [-0.2, 0) is 20.7 Å². The van der Waals surface area contributed by atoms with Gasteiger partial charge in [0.05, 0.1) is 11.2 Å². The molecule has 0 radical (unpaired) electrons. The summed E-state index contributed by atoms with van der Waals surface area (Å²) in [6.45, 7) is 15.2. The minimum absolute atomic E-state index is 0.0496. The molecule has 1 saturated heterocycles. The van der Waals surface area contributed by atoms with E-state index in [4.69, 9.17) is 14.2 Å². The lowest BCUT2D eigenvalue weighted by Crippen LogP contribution is -2.72. The van der Waals surface area contributed by atoms with Gasteiger partial charge >= 0.3 is 5.97 Å². The highest BCUT2D eigenvalue weighted by Crippen LogP contribution is 2.68. The SMILES string of the molecule is CC(C)=CCc1c2c(c(O)c3c1OC14C(=CC5CC1C(C)(C)OC4(CC=C(C)C(=O)O)C5=O)C3=O)C=CC(C)(CC=C(C)C)O2. The Bertz CT molecular complexity index is 1710. The van der Waals surface area contributed by atoms with Crippen molar-refractivity contribution in [3.8, 4) is 17.2 Å². The lowest BCUT2D eigenvalue weighted by atomic mass is 9.51. The van der Waals surface area contributed by atoms with E-state index in [0.717, 1.165) is 11.1 Å². The Morgan fingerprint density at radius 1 is 0.978 bits per heavy atom. The van der Waals surface area contributed by atoms with Crippen LogP contribution in [0.5, 0.6) is 17.2 Å². The van der Waals surface area contributed by atoms with Crippen LogP contribution in [0.25, 0.3) is 6.08 Å². The maximum absolute atomic E-state index is 14.7. The average molecular weight is 615 g/mol. The smallest absolute Gasteiger partial charge is 0.330 e. The predicted molar refractivity (Wildman–Crippen MR) is 170 cm³/mol. The second-order valence-electron chi connectivity index (χ2n) is 14.4. The summed E-state index contributed by atoms with van der Waals surface area (Å²) in [5, 5.41) is 21.4. The second kappa shape index (κ2) is 10.0. The normalized spacial score (nSPS) is 31.6. The Labute approximate surface area is 264 Å². The monoisotopic (exact) mass is 614 g/mol. The average Bonchev–Trinajstić information content (AvgIpc) is 3.11. The van der Waals surface area contributed by atoms with Gasteiger partial charge in [-0.15, -0.1) is 0 Å². The number of hydrogen-bond acceptors (Lipinski definition) is 7. The fourth-order valence-corrected chi connectivity index (χ4v) is 7.91. The number of hydrogen-bond donors (Lipinski definition) is 2. The predicted octanol–water partition coefficient (Wildman–Crippen LogP) is 6.85. The molecule has 2 fully saturated rings. The van der Waals surface area contributed by atoms with Crippen molar-refractivity contribution in [2.75, 3.05) is 0 Å². The lowest BCUT2D eigenvalue weighted by molar-refractivity contribution is -0.171. The molecule has 7 rings (SSSR count). The van der Waals surface area contributed by atoms with Gasteiger partial charge in [-0.25, -0.2) is 4.79 Å². The number of aliphatic carboxylic acids is 1. The second-order valence-corrected chi connectivity index (χ2v) is 14.4. The molecule has 1 aromatic rings. The molecule has 6 aliphatic rings. The van der Waals surface area contributed by atoms with Crippen molar-refractivity contribution in [2.24, 2.45) is 11.8 Å². The topological polar surface area (TPSA) is 119 Å². The summed E-state index contributed by atoms with van der Waals surface area (Å²) in [6, 6.07) is 0. The first-order chi connectivity index (χ1) is 21.0. The van der Waals surface area contributed by atoms with Crippen LogP contribution >= 0.6 is 0 Å². The first-order valence-corrected chi connectivity index (χ1v) is 15.7. The zero-order valence-electron chi connectivity index (χ0n) is 27.3. The van der Waals surface area contributed by atoms with Gasteiger partial charge in [-0.1, -0.05) is 35.5 Å². The van der Waals surface area contributed by atoms with Gasteiger partial charge < -0.3 is 24.4 Å². The van der Waals surface area contributed by atoms with Crippen LogP contribution in [0.15, 0.2) is 52.7 Å². The fraction of sp³-hybridized carbons (Fsp3) is 0.486. The Balaban J connectivity index is 1.62. The molecule has 3 heterocycles. The molecule has 2 N–H and O–H groups in total. The van der Waals surface area contributed by atoms with Crippen molar-refractivity contribution >= 4 is 23.6 Å². The van der Waals surface area contributed by atoms with Crippen LogP contribution < -0.4 is 9.47 Å². The van der Waals surface area contributed by atoms with Crippen molar-refractivity contribution < 1.29 is 38.8 Å². The van der Waals surface area contributed by atoms with Gasteiger partial charge in [0.25, 0.3) is 0 Å². The lowest BCUT2D eigenvalue weighted by Gasteiger charge is -2.56. The van der Waals surface area contributed by atoms with Gasteiger partial charge in [-0.2, -0.15) is 0 Å². The van der Waals surface area contributed by atoms with Crippen molar-refractivity contribution in [3.63, 3.8) is 0 Å². The van der Waals surface area contributed by atoms with Gasteiger partial charge in [0.2, 0.25) is 0 Å². The minimum atomic E-state index is -1.63. The molecule has 4 bridgehead atoms. The number of phenolic OH excluding ortho intramolecular Hbond substituents is 1. The minimum Gasteiger partial charge on any atom is -0.506 e. The third kappa shape index (κ3) is 4.32. The van der Waals surface area contributed by atoms with E-state index in [1.165, 1.54) is 13.0 Å². The van der Waals surface area contributed by atoms with Gasteiger partial charge in [-0.05, 0) is 80.4 Å². The van der Waals surface area contributed by atoms with Crippen LogP contribution in [0.4, 0.5) is 0 Å². The largest absolute Gasteiger partial charge is 0.506 e. The fourth-order valence-electron chi connectivity index (χ4n) is 7.91. The first-order valence-electron chi connectivity index (χ1n) is 15.7. The molecule has 0 aromatic heterocycles. The molecule has 3 aliphatic carbocycles. The summed E-state index contributed by atoms with van der Waals surface area (Å²) in [7, 11) is 0. The van der Waals surface area contributed by atoms with E-state index in [1.807, 2.05) is 66.7 Å². The van der Waals surface area contributed by atoms with Crippen LogP contribution in [-0.4, -0.2) is 50.2 Å². The van der Waals surface area contributed by atoms with E-state index in [2.05, 4.69) is 6.08 Å². The molecule has 8 nitrogen and oxygen atoms in total. The van der Waals surface area contributed by atoms with Crippen LogP contribution in [0.1, 0.15) is 96.1 Å². The summed E-state index contributed by atoms with van der Waals surface area (Å²) < 4.78 is 20.5. The number of carbonyl (C=O) groups is 3. The van der Waals surface area contributed by atoms with E-state index in [-0.39, 0.29) is 40.8 Å². The number of fused-ring (bicyclic) bond motifs is 2. The number of benzene rings is 1. The van der Waals surface area contributed by atoms with Gasteiger partial charge in [0, 0.05) is 41.4 Å². The number of carboxylic acids is 1. The zero-order chi connectivity index (χ0) is 32.9. The number of aromatic hydroxyl groups is 1. The zero-order valence-corrected chi connectivity index (χ0v) is 27.3. The van der Waals surface area contributed by atoms with E-state index in [9.17, 15) is 24.6 Å². The van der Waals surface area contributed by atoms with Crippen LogP contribution in [0.2, 0.25) is 0 Å². The van der Waals surface area contributed by atoms with E-state index < -0.39 is 40.1 Å². The Morgan fingerprint density at radius 2 is 1.67 bits per heavy atom. The third-order valence-corrected chi connectivity index (χ3v) is 10.2. The Morgan fingerprint density at radius 3 is 2.31 bits per heavy atom. The summed E-state index contributed by atoms with van der Waals surface area (Å²) >= 11 is 0. The molecule has 45 heavy (non-hydrogen) atoms.